The number of hydrogen-bond acceptors (Lipinski definition) is 2. The molecule has 1 N–H and O–H groups in total. The zero-order valence-electron chi connectivity index (χ0n) is 10.6. The zero-order valence-corrected chi connectivity index (χ0v) is 11.4. The maximum atomic E-state index is 3.79. The first-order valence-electron chi connectivity index (χ1n) is 6.55. The second-order valence-corrected chi connectivity index (χ2v) is 6.06. The lowest BCUT2D eigenvalue weighted by Gasteiger charge is -2.30. The fraction of sp³-hybridized carbons (Fsp3) is 1.00. The molecule has 1 nitrogen and oxygen atoms in total. The maximum Gasteiger partial charge on any atom is 0.00703 e. The molecule has 15 heavy (non-hydrogen) atoms. The molecule has 0 aromatic rings. The molecule has 0 aromatic carbocycles. The molecule has 1 rings (SSSR count). The molecule has 0 aliphatic heterocycles. The van der Waals surface area contributed by atoms with Crippen LogP contribution >= 0.6 is 11.8 Å². The van der Waals surface area contributed by atoms with Gasteiger partial charge in [-0.15, -0.1) is 0 Å². The summed E-state index contributed by atoms with van der Waals surface area (Å²) in [7, 11) is 0. The van der Waals surface area contributed by atoms with Crippen molar-refractivity contribution in [3.05, 3.63) is 0 Å². The minimum absolute atomic E-state index is 0.723. The third kappa shape index (κ3) is 5.26. The van der Waals surface area contributed by atoms with Gasteiger partial charge in [-0.25, -0.2) is 0 Å². The van der Waals surface area contributed by atoms with Gasteiger partial charge in [0.15, 0.2) is 0 Å². The normalized spacial score (nSPS) is 29.0. The highest BCUT2D eigenvalue weighted by atomic mass is 32.2. The molecule has 1 aliphatic carbocycles. The van der Waals surface area contributed by atoms with Gasteiger partial charge in [-0.3, -0.25) is 0 Å². The van der Waals surface area contributed by atoms with Gasteiger partial charge in [0.05, 0.1) is 0 Å². The Hall–Kier alpha value is 0.310. The number of hydrogen-bond donors (Lipinski definition) is 1. The van der Waals surface area contributed by atoms with E-state index in [1.165, 1.54) is 44.9 Å². The highest BCUT2D eigenvalue weighted by Crippen LogP contribution is 2.27. The first-order valence-corrected chi connectivity index (χ1v) is 7.83. The van der Waals surface area contributed by atoms with Gasteiger partial charge < -0.3 is 5.32 Å². The van der Waals surface area contributed by atoms with Crippen molar-refractivity contribution in [2.45, 2.75) is 76.1 Å². The summed E-state index contributed by atoms with van der Waals surface area (Å²) in [5.74, 6) is 0. The van der Waals surface area contributed by atoms with Gasteiger partial charge >= 0.3 is 0 Å². The Kier molecular flexibility index (Phi) is 6.74. The standard InChI is InChI=1S/C13H27NS/c1-4-5-6-11(2)14-12-7-9-13(15-3)10-8-12/h11-14H,4-10H2,1-3H3. The third-order valence-corrected chi connectivity index (χ3v) is 4.66. The maximum absolute atomic E-state index is 3.79. The van der Waals surface area contributed by atoms with Gasteiger partial charge in [0.1, 0.15) is 0 Å². The van der Waals surface area contributed by atoms with E-state index in [2.05, 4.69) is 37.2 Å². The van der Waals surface area contributed by atoms with E-state index in [0.29, 0.717) is 0 Å². The molecule has 0 spiro atoms. The van der Waals surface area contributed by atoms with Gasteiger partial charge in [0, 0.05) is 17.3 Å². The van der Waals surface area contributed by atoms with Crippen molar-refractivity contribution in [1.29, 1.82) is 0 Å². The highest BCUT2D eigenvalue weighted by Gasteiger charge is 2.20. The minimum Gasteiger partial charge on any atom is -0.312 e. The average Bonchev–Trinajstić information content (AvgIpc) is 2.27. The molecule has 1 fully saturated rings. The largest absolute Gasteiger partial charge is 0.312 e. The highest BCUT2D eigenvalue weighted by molar-refractivity contribution is 7.99. The Morgan fingerprint density at radius 3 is 2.47 bits per heavy atom. The molecule has 1 aliphatic rings. The predicted octanol–water partition coefficient (Wildman–Crippen LogP) is 3.83. The summed E-state index contributed by atoms with van der Waals surface area (Å²) in [6, 6.07) is 1.53. The van der Waals surface area contributed by atoms with Crippen LogP contribution in [0.4, 0.5) is 0 Å². The molecule has 0 radical (unpaired) electrons. The van der Waals surface area contributed by atoms with Crippen LogP contribution in [0.1, 0.15) is 58.8 Å². The van der Waals surface area contributed by atoms with Crippen molar-refractivity contribution in [3.8, 4) is 0 Å². The predicted molar refractivity (Wildman–Crippen MR) is 71.7 cm³/mol. The molecule has 1 unspecified atom stereocenters. The van der Waals surface area contributed by atoms with Gasteiger partial charge in [-0.05, 0) is 45.3 Å². The second kappa shape index (κ2) is 7.56. The van der Waals surface area contributed by atoms with E-state index in [0.717, 1.165) is 17.3 Å². The smallest absolute Gasteiger partial charge is 0.00703 e. The van der Waals surface area contributed by atoms with E-state index in [9.17, 15) is 0 Å². The zero-order chi connectivity index (χ0) is 11.1. The second-order valence-electron chi connectivity index (χ2n) is 4.92. The summed E-state index contributed by atoms with van der Waals surface area (Å²) < 4.78 is 0. The lowest BCUT2D eigenvalue weighted by Crippen LogP contribution is -2.39. The Morgan fingerprint density at radius 2 is 1.93 bits per heavy atom. The molecule has 0 heterocycles. The van der Waals surface area contributed by atoms with E-state index < -0.39 is 0 Å². The number of nitrogens with one attached hydrogen (secondary N) is 1. The van der Waals surface area contributed by atoms with Crippen LogP contribution < -0.4 is 5.32 Å². The molecular weight excluding hydrogens is 202 g/mol. The van der Waals surface area contributed by atoms with Crippen molar-refractivity contribution in [2.75, 3.05) is 6.26 Å². The van der Waals surface area contributed by atoms with Crippen molar-refractivity contribution < 1.29 is 0 Å². The van der Waals surface area contributed by atoms with Crippen molar-refractivity contribution in [2.24, 2.45) is 0 Å². The van der Waals surface area contributed by atoms with Crippen LogP contribution in [0, 0.1) is 0 Å². The quantitative estimate of drug-likeness (QED) is 0.743. The van der Waals surface area contributed by atoms with Crippen LogP contribution in [0.5, 0.6) is 0 Å². The molecule has 2 heteroatoms. The van der Waals surface area contributed by atoms with Crippen LogP contribution in [0.3, 0.4) is 0 Å². The van der Waals surface area contributed by atoms with E-state index in [4.69, 9.17) is 0 Å². The van der Waals surface area contributed by atoms with Crippen LogP contribution in [0.2, 0.25) is 0 Å². The molecule has 0 aromatic heterocycles. The van der Waals surface area contributed by atoms with E-state index in [1.54, 1.807) is 0 Å². The van der Waals surface area contributed by atoms with Gasteiger partial charge in [0.2, 0.25) is 0 Å². The monoisotopic (exact) mass is 229 g/mol. The van der Waals surface area contributed by atoms with Gasteiger partial charge in [-0.2, -0.15) is 11.8 Å². The molecule has 1 saturated carbocycles. The Balaban J connectivity index is 2.12. The van der Waals surface area contributed by atoms with Crippen LogP contribution in [-0.2, 0) is 0 Å². The van der Waals surface area contributed by atoms with Crippen LogP contribution in [0.25, 0.3) is 0 Å². The lowest BCUT2D eigenvalue weighted by molar-refractivity contribution is 0.338. The Bertz CT molecular complexity index is 153. The van der Waals surface area contributed by atoms with Crippen LogP contribution in [-0.4, -0.2) is 23.6 Å². The van der Waals surface area contributed by atoms with Gasteiger partial charge in [-0.1, -0.05) is 19.8 Å². The van der Waals surface area contributed by atoms with Crippen LogP contribution in [0.15, 0.2) is 0 Å². The summed E-state index contributed by atoms with van der Waals surface area (Å²) in [6.45, 7) is 4.62. The molecule has 0 amide bonds. The summed E-state index contributed by atoms with van der Waals surface area (Å²) in [6.07, 6.45) is 11.9. The topological polar surface area (TPSA) is 12.0 Å². The summed E-state index contributed by atoms with van der Waals surface area (Å²) in [4.78, 5) is 0. The fourth-order valence-corrected chi connectivity index (χ4v) is 3.20. The number of rotatable bonds is 6. The van der Waals surface area contributed by atoms with Crippen molar-refractivity contribution in [1.82, 2.24) is 5.32 Å². The van der Waals surface area contributed by atoms with E-state index in [-0.39, 0.29) is 0 Å². The molecular formula is C13H27NS. The molecule has 0 saturated heterocycles. The molecule has 90 valence electrons. The van der Waals surface area contributed by atoms with Gasteiger partial charge in [0.25, 0.3) is 0 Å². The summed E-state index contributed by atoms with van der Waals surface area (Å²) in [5, 5.41) is 4.73. The summed E-state index contributed by atoms with van der Waals surface area (Å²) in [5.41, 5.74) is 0. The van der Waals surface area contributed by atoms with Crippen molar-refractivity contribution >= 4 is 11.8 Å². The van der Waals surface area contributed by atoms with E-state index >= 15 is 0 Å². The number of unbranched alkanes of at least 4 members (excludes halogenated alkanes) is 1. The molecule has 1 atom stereocenters. The SMILES string of the molecule is CCCCC(C)NC1CCC(SC)CC1. The van der Waals surface area contributed by atoms with E-state index in [1.807, 2.05) is 0 Å². The lowest BCUT2D eigenvalue weighted by atomic mass is 9.94. The first kappa shape index (κ1) is 13.4. The Labute approximate surface area is 99.8 Å². The summed E-state index contributed by atoms with van der Waals surface area (Å²) >= 11 is 2.05. The third-order valence-electron chi connectivity index (χ3n) is 3.52. The fourth-order valence-electron chi connectivity index (χ4n) is 2.46. The van der Waals surface area contributed by atoms with Crippen molar-refractivity contribution in [3.63, 3.8) is 0 Å². The number of thioether (sulfide) groups is 1. The average molecular weight is 229 g/mol. The first-order chi connectivity index (χ1) is 7.26. The molecule has 0 bridgehead atoms. The minimum atomic E-state index is 0.723. The Morgan fingerprint density at radius 1 is 1.27 bits per heavy atom.